The van der Waals surface area contributed by atoms with Crippen LogP contribution in [-0.2, 0) is 11.2 Å². The van der Waals surface area contributed by atoms with Crippen LogP contribution < -0.4 is 10.2 Å². The molecule has 1 aliphatic rings. The number of halogens is 3. The van der Waals surface area contributed by atoms with Gasteiger partial charge in [-0.3, -0.25) is 9.59 Å². The second-order valence-corrected chi connectivity index (χ2v) is 7.16. The molecule has 27 heavy (non-hydrogen) atoms. The fourth-order valence-corrected chi connectivity index (χ4v) is 3.60. The van der Waals surface area contributed by atoms with E-state index in [4.69, 9.17) is 0 Å². The fourth-order valence-electron chi connectivity index (χ4n) is 2.93. The van der Waals surface area contributed by atoms with Crippen molar-refractivity contribution in [2.45, 2.75) is 19.8 Å². The molecule has 2 aromatic rings. The van der Waals surface area contributed by atoms with E-state index in [0.717, 1.165) is 41.4 Å². The molecule has 0 saturated carbocycles. The Balaban J connectivity index is 1.62. The Labute approximate surface area is 158 Å². The van der Waals surface area contributed by atoms with Gasteiger partial charge in [-0.15, -0.1) is 0 Å². The number of fused-ring (bicyclic) bond motifs is 1. The van der Waals surface area contributed by atoms with Gasteiger partial charge in [0.05, 0.1) is 11.4 Å². The molecule has 1 aliphatic heterocycles. The van der Waals surface area contributed by atoms with Gasteiger partial charge in [0.2, 0.25) is 5.91 Å². The molecule has 142 valence electrons. The summed E-state index contributed by atoms with van der Waals surface area (Å²) in [6, 6.07) is 6.78. The number of nitrogens with one attached hydrogen (secondary N) is 1. The standard InChI is InChI=1S/C19H17F3N2O2S/c1-11-4-5-17-12(7-11)3-2-6-24(17)19(26)27-10-18(25)23-16-9-14(21)13(20)8-15(16)22/h4-5,7-9H,2-3,6,10H2,1H3,(H,23,25). The van der Waals surface area contributed by atoms with Crippen molar-refractivity contribution < 1.29 is 22.8 Å². The first kappa shape index (κ1) is 19.3. The second-order valence-electron chi connectivity index (χ2n) is 6.24. The van der Waals surface area contributed by atoms with Crippen molar-refractivity contribution in [1.82, 2.24) is 0 Å². The van der Waals surface area contributed by atoms with E-state index in [2.05, 4.69) is 5.32 Å². The van der Waals surface area contributed by atoms with Crippen LogP contribution >= 0.6 is 11.8 Å². The zero-order chi connectivity index (χ0) is 19.6. The molecule has 0 unspecified atom stereocenters. The van der Waals surface area contributed by atoms with Crippen LogP contribution in [0.2, 0.25) is 0 Å². The van der Waals surface area contributed by atoms with E-state index >= 15 is 0 Å². The number of rotatable bonds is 3. The molecular weight excluding hydrogens is 377 g/mol. The lowest BCUT2D eigenvalue weighted by Crippen LogP contribution is -2.33. The summed E-state index contributed by atoms with van der Waals surface area (Å²) in [5, 5.41) is 1.86. The van der Waals surface area contributed by atoms with Gasteiger partial charge in [0.15, 0.2) is 11.6 Å². The van der Waals surface area contributed by atoms with Gasteiger partial charge < -0.3 is 10.2 Å². The van der Waals surface area contributed by atoms with Gasteiger partial charge in [-0.1, -0.05) is 29.5 Å². The van der Waals surface area contributed by atoms with E-state index in [9.17, 15) is 22.8 Å². The van der Waals surface area contributed by atoms with Gasteiger partial charge in [0, 0.05) is 24.4 Å². The third-order valence-electron chi connectivity index (χ3n) is 4.18. The first-order valence-electron chi connectivity index (χ1n) is 8.33. The Morgan fingerprint density at radius 2 is 1.85 bits per heavy atom. The molecular formula is C19H17F3N2O2S. The molecule has 1 N–H and O–H groups in total. The summed E-state index contributed by atoms with van der Waals surface area (Å²) < 4.78 is 39.7. The van der Waals surface area contributed by atoms with Gasteiger partial charge in [-0.05, 0) is 31.4 Å². The summed E-state index contributed by atoms with van der Waals surface area (Å²) in [4.78, 5) is 26.1. The Hall–Kier alpha value is -2.48. The van der Waals surface area contributed by atoms with Gasteiger partial charge in [0.1, 0.15) is 5.82 Å². The lowest BCUT2D eigenvalue weighted by atomic mass is 10.0. The Kier molecular flexibility index (Phi) is 5.74. The molecule has 3 rings (SSSR count). The van der Waals surface area contributed by atoms with Crippen molar-refractivity contribution in [1.29, 1.82) is 0 Å². The number of thioether (sulfide) groups is 1. The lowest BCUT2D eigenvalue weighted by Gasteiger charge is -2.29. The molecule has 0 atom stereocenters. The second kappa shape index (κ2) is 8.04. The summed E-state index contributed by atoms with van der Waals surface area (Å²) in [5.74, 6) is -4.64. The summed E-state index contributed by atoms with van der Waals surface area (Å²) in [5.41, 5.74) is 2.56. The number of benzene rings is 2. The number of aryl methyl sites for hydroxylation is 2. The van der Waals surface area contributed by atoms with Gasteiger partial charge in [0.25, 0.3) is 5.24 Å². The minimum atomic E-state index is -1.34. The van der Waals surface area contributed by atoms with E-state index in [1.165, 1.54) is 0 Å². The number of anilines is 2. The molecule has 2 aromatic carbocycles. The molecule has 0 radical (unpaired) electrons. The average molecular weight is 394 g/mol. The molecule has 0 aromatic heterocycles. The first-order chi connectivity index (χ1) is 12.8. The highest BCUT2D eigenvalue weighted by atomic mass is 32.2. The molecule has 0 fully saturated rings. The maximum atomic E-state index is 13.6. The van der Waals surface area contributed by atoms with E-state index < -0.39 is 29.0 Å². The number of hydrogen-bond donors (Lipinski definition) is 1. The fraction of sp³-hybridized carbons (Fsp3) is 0.263. The SMILES string of the molecule is Cc1ccc2c(c1)CCCN2C(=O)SCC(=O)Nc1cc(F)c(F)cc1F. The number of nitrogens with zero attached hydrogens (tertiary/aromatic N) is 1. The van der Waals surface area contributed by atoms with Crippen LogP contribution in [0.25, 0.3) is 0 Å². The molecule has 0 aliphatic carbocycles. The molecule has 4 nitrogen and oxygen atoms in total. The minimum absolute atomic E-state index is 0.269. The van der Waals surface area contributed by atoms with E-state index in [-0.39, 0.29) is 11.0 Å². The normalized spacial score (nSPS) is 13.3. The van der Waals surface area contributed by atoms with Gasteiger partial charge in [-0.25, -0.2) is 13.2 Å². The van der Waals surface area contributed by atoms with Crippen LogP contribution in [0.1, 0.15) is 17.5 Å². The molecule has 8 heteroatoms. The van der Waals surface area contributed by atoms with Crippen molar-refractivity contribution >= 4 is 34.3 Å². The number of carbonyl (C=O) groups excluding carboxylic acids is 2. The van der Waals surface area contributed by atoms with Crippen molar-refractivity contribution in [3.63, 3.8) is 0 Å². The number of amides is 2. The van der Waals surface area contributed by atoms with Crippen LogP contribution in [0.5, 0.6) is 0 Å². The molecule has 0 spiro atoms. The Morgan fingerprint density at radius 3 is 2.63 bits per heavy atom. The number of hydrogen-bond acceptors (Lipinski definition) is 3. The van der Waals surface area contributed by atoms with E-state index in [0.29, 0.717) is 18.7 Å². The monoisotopic (exact) mass is 394 g/mol. The average Bonchev–Trinajstić information content (AvgIpc) is 2.63. The van der Waals surface area contributed by atoms with E-state index in [1.807, 2.05) is 25.1 Å². The highest BCUT2D eigenvalue weighted by Gasteiger charge is 2.23. The summed E-state index contributed by atoms with van der Waals surface area (Å²) in [7, 11) is 0. The van der Waals surface area contributed by atoms with Crippen LogP contribution in [0, 0.1) is 24.4 Å². The summed E-state index contributed by atoms with van der Waals surface area (Å²) >= 11 is 0.776. The molecule has 0 bridgehead atoms. The first-order valence-corrected chi connectivity index (χ1v) is 9.32. The molecule has 1 heterocycles. The summed E-state index contributed by atoms with van der Waals surface area (Å²) in [6.07, 6.45) is 1.72. The topological polar surface area (TPSA) is 49.4 Å². The molecule has 2 amide bonds. The summed E-state index contributed by atoms with van der Waals surface area (Å²) in [6.45, 7) is 2.54. The van der Waals surface area contributed by atoms with Gasteiger partial charge >= 0.3 is 0 Å². The molecule has 0 saturated heterocycles. The maximum absolute atomic E-state index is 13.6. The quantitative estimate of drug-likeness (QED) is 0.771. The Bertz CT molecular complexity index is 905. The largest absolute Gasteiger partial charge is 0.323 e. The minimum Gasteiger partial charge on any atom is -0.323 e. The van der Waals surface area contributed by atoms with Crippen LogP contribution in [0.3, 0.4) is 0 Å². The third-order valence-corrected chi connectivity index (χ3v) is 5.06. The zero-order valence-corrected chi connectivity index (χ0v) is 15.3. The maximum Gasteiger partial charge on any atom is 0.286 e. The highest BCUT2D eigenvalue weighted by molar-refractivity contribution is 8.14. The van der Waals surface area contributed by atoms with Crippen LogP contribution in [0.15, 0.2) is 30.3 Å². The van der Waals surface area contributed by atoms with Crippen LogP contribution in [0.4, 0.5) is 29.3 Å². The third kappa shape index (κ3) is 4.44. The van der Waals surface area contributed by atoms with E-state index in [1.54, 1.807) is 4.90 Å². The number of carbonyl (C=O) groups is 2. The van der Waals surface area contributed by atoms with Gasteiger partial charge in [-0.2, -0.15) is 0 Å². The zero-order valence-electron chi connectivity index (χ0n) is 14.5. The highest BCUT2D eigenvalue weighted by Crippen LogP contribution is 2.30. The Morgan fingerprint density at radius 1 is 1.11 bits per heavy atom. The van der Waals surface area contributed by atoms with Crippen molar-refractivity contribution in [3.05, 3.63) is 58.9 Å². The predicted octanol–water partition coefficient (Wildman–Crippen LogP) is 4.66. The van der Waals surface area contributed by atoms with Crippen molar-refractivity contribution in [2.24, 2.45) is 0 Å². The van der Waals surface area contributed by atoms with Crippen LogP contribution in [-0.4, -0.2) is 23.4 Å². The predicted molar refractivity (Wildman–Crippen MR) is 99.6 cm³/mol. The lowest BCUT2D eigenvalue weighted by molar-refractivity contribution is -0.113. The van der Waals surface area contributed by atoms with Crippen molar-refractivity contribution in [3.8, 4) is 0 Å². The smallest absolute Gasteiger partial charge is 0.286 e. The van der Waals surface area contributed by atoms with Crippen molar-refractivity contribution in [2.75, 3.05) is 22.5 Å².